The SMILES string of the molecule is CN=C(NCCCn1nc2n(c1=O)CCCC2)NC1CN(C(=O)OC(C)(C)C)C1. The highest BCUT2D eigenvalue weighted by Crippen LogP contribution is 2.15. The Morgan fingerprint density at radius 1 is 1.31 bits per heavy atom. The molecule has 0 atom stereocenters. The van der Waals surface area contributed by atoms with E-state index in [-0.39, 0.29) is 17.8 Å². The number of hydrogen-bond donors (Lipinski definition) is 2. The lowest BCUT2D eigenvalue weighted by molar-refractivity contribution is 0.00701. The quantitative estimate of drug-likeness (QED) is 0.420. The summed E-state index contributed by atoms with van der Waals surface area (Å²) in [6, 6.07) is 0.149. The number of carbonyl (C=O) groups is 1. The van der Waals surface area contributed by atoms with Crippen molar-refractivity contribution in [1.29, 1.82) is 0 Å². The number of aryl methyl sites for hydroxylation is 2. The molecule has 0 aliphatic carbocycles. The fraction of sp³-hybridized carbons (Fsp3) is 0.789. The summed E-state index contributed by atoms with van der Waals surface area (Å²) in [5, 5.41) is 11.0. The van der Waals surface area contributed by atoms with E-state index < -0.39 is 5.60 Å². The molecule has 0 aromatic carbocycles. The van der Waals surface area contributed by atoms with E-state index in [0.717, 1.165) is 38.1 Å². The largest absolute Gasteiger partial charge is 0.444 e. The van der Waals surface area contributed by atoms with Crippen molar-refractivity contribution in [3.63, 3.8) is 0 Å². The summed E-state index contributed by atoms with van der Waals surface area (Å²) < 4.78 is 8.73. The molecule has 1 fully saturated rings. The van der Waals surface area contributed by atoms with E-state index in [1.165, 1.54) is 0 Å². The molecule has 2 aliphatic heterocycles. The van der Waals surface area contributed by atoms with Crippen molar-refractivity contribution < 1.29 is 9.53 Å². The Hall–Kier alpha value is -2.52. The van der Waals surface area contributed by atoms with Crippen molar-refractivity contribution in [2.45, 2.75) is 71.2 Å². The predicted molar refractivity (Wildman–Crippen MR) is 110 cm³/mol. The molecule has 1 saturated heterocycles. The summed E-state index contributed by atoms with van der Waals surface area (Å²) >= 11 is 0. The van der Waals surface area contributed by atoms with E-state index in [4.69, 9.17) is 4.74 Å². The molecule has 1 aromatic rings. The van der Waals surface area contributed by atoms with Gasteiger partial charge in [0, 0.05) is 46.2 Å². The van der Waals surface area contributed by atoms with Crippen LogP contribution in [0, 0.1) is 0 Å². The van der Waals surface area contributed by atoms with Crippen molar-refractivity contribution in [2.75, 3.05) is 26.7 Å². The molecule has 162 valence electrons. The van der Waals surface area contributed by atoms with Crippen molar-refractivity contribution in [2.24, 2.45) is 4.99 Å². The molecule has 0 bridgehead atoms. The zero-order valence-electron chi connectivity index (χ0n) is 17.9. The minimum Gasteiger partial charge on any atom is -0.444 e. The van der Waals surface area contributed by atoms with Crippen molar-refractivity contribution >= 4 is 12.1 Å². The summed E-state index contributed by atoms with van der Waals surface area (Å²) in [4.78, 5) is 30.2. The molecule has 29 heavy (non-hydrogen) atoms. The molecule has 10 heteroatoms. The lowest BCUT2D eigenvalue weighted by Crippen LogP contribution is -2.63. The minimum atomic E-state index is -0.483. The van der Waals surface area contributed by atoms with E-state index >= 15 is 0 Å². The van der Waals surface area contributed by atoms with Crippen LogP contribution in [0.2, 0.25) is 0 Å². The van der Waals surface area contributed by atoms with Gasteiger partial charge in [0.05, 0.1) is 6.04 Å². The van der Waals surface area contributed by atoms with Crippen LogP contribution in [0.4, 0.5) is 4.79 Å². The zero-order valence-corrected chi connectivity index (χ0v) is 17.9. The monoisotopic (exact) mass is 407 g/mol. The first-order valence-corrected chi connectivity index (χ1v) is 10.4. The molecule has 2 N–H and O–H groups in total. The molecule has 0 unspecified atom stereocenters. The van der Waals surface area contributed by atoms with Crippen LogP contribution in [0.1, 0.15) is 45.9 Å². The van der Waals surface area contributed by atoms with Gasteiger partial charge in [-0.05, 0) is 40.0 Å². The van der Waals surface area contributed by atoms with Gasteiger partial charge in [0.15, 0.2) is 5.96 Å². The molecule has 1 aromatic heterocycles. The molecule has 10 nitrogen and oxygen atoms in total. The first kappa shape index (κ1) is 21.2. The summed E-state index contributed by atoms with van der Waals surface area (Å²) in [5.41, 5.74) is -0.484. The maximum Gasteiger partial charge on any atom is 0.410 e. The third-order valence-corrected chi connectivity index (χ3v) is 4.97. The zero-order chi connectivity index (χ0) is 21.0. The number of ether oxygens (including phenoxy) is 1. The standard InChI is InChI=1S/C19H33N7O3/c1-19(2,3)29-18(28)24-12-14(13-24)22-16(20-4)21-9-7-11-26-17(27)25-10-6-5-8-15(25)23-26/h14H,5-13H2,1-4H3,(H2,20,21,22). The number of carbonyl (C=O) groups excluding carboxylic acids is 1. The van der Waals surface area contributed by atoms with Gasteiger partial charge in [-0.15, -0.1) is 0 Å². The number of amides is 1. The molecule has 3 heterocycles. The van der Waals surface area contributed by atoms with Crippen LogP contribution in [-0.2, 0) is 24.2 Å². The second-order valence-corrected chi connectivity index (χ2v) is 8.61. The summed E-state index contributed by atoms with van der Waals surface area (Å²) in [7, 11) is 1.72. The Balaban J connectivity index is 1.36. The second-order valence-electron chi connectivity index (χ2n) is 8.61. The van der Waals surface area contributed by atoms with Crippen molar-refractivity contribution in [3.05, 3.63) is 16.3 Å². The van der Waals surface area contributed by atoms with Gasteiger partial charge in [-0.1, -0.05) is 0 Å². The van der Waals surface area contributed by atoms with E-state index in [2.05, 4.69) is 20.7 Å². The van der Waals surface area contributed by atoms with Gasteiger partial charge in [-0.3, -0.25) is 9.56 Å². The highest BCUT2D eigenvalue weighted by atomic mass is 16.6. The van der Waals surface area contributed by atoms with Crippen LogP contribution in [0.15, 0.2) is 9.79 Å². The number of fused-ring (bicyclic) bond motifs is 1. The lowest BCUT2D eigenvalue weighted by Gasteiger charge is -2.40. The number of hydrogen-bond acceptors (Lipinski definition) is 5. The Labute approximate surface area is 171 Å². The topological polar surface area (TPSA) is 106 Å². The fourth-order valence-corrected chi connectivity index (χ4v) is 3.46. The molecular formula is C19H33N7O3. The van der Waals surface area contributed by atoms with E-state index in [9.17, 15) is 9.59 Å². The van der Waals surface area contributed by atoms with E-state index in [1.54, 1.807) is 21.2 Å². The van der Waals surface area contributed by atoms with Crippen molar-refractivity contribution in [1.82, 2.24) is 29.9 Å². The number of rotatable bonds is 5. The number of guanidine groups is 1. The molecule has 0 spiro atoms. The first-order chi connectivity index (χ1) is 13.8. The van der Waals surface area contributed by atoms with Crippen LogP contribution < -0.4 is 16.3 Å². The summed E-state index contributed by atoms with van der Waals surface area (Å²) in [6.45, 7) is 8.80. The van der Waals surface area contributed by atoms with E-state index in [1.807, 2.05) is 20.8 Å². The summed E-state index contributed by atoms with van der Waals surface area (Å²) in [6.07, 6.45) is 3.53. The van der Waals surface area contributed by atoms with Gasteiger partial charge in [-0.2, -0.15) is 5.10 Å². The Kier molecular flexibility index (Phi) is 6.49. The molecule has 0 saturated carbocycles. The minimum absolute atomic E-state index is 0.00101. The molecule has 3 rings (SSSR count). The lowest BCUT2D eigenvalue weighted by atomic mass is 10.1. The summed E-state index contributed by atoms with van der Waals surface area (Å²) in [5.74, 6) is 1.60. The van der Waals surface area contributed by atoms with Crippen LogP contribution in [0.25, 0.3) is 0 Å². The van der Waals surface area contributed by atoms with Crippen LogP contribution in [-0.4, -0.2) is 69.6 Å². The maximum atomic E-state index is 12.3. The van der Waals surface area contributed by atoms with Gasteiger partial charge in [0.2, 0.25) is 0 Å². The third kappa shape index (κ3) is 5.51. The normalized spacial score (nSPS) is 17.5. The second kappa shape index (κ2) is 8.87. The maximum absolute atomic E-state index is 12.3. The Bertz CT molecular complexity index is 800. The molecule has 1 amide bonds. The van der Waals surface area contributed by atoms with E-state index in [0.29, 0.717) is 32.1 Å². The molecular weight excluding hydrogens is 374 g/mol. The smallest absolute Gasteiger partial charge is 0.410 e. The Morgan fingerprint density at radius 2 is 2.07 bits per heavy atom. The van der Waals surface area contributed by atoms with Gasteiger partial charge >= 0.3 is 11.8 Å². The van der Waals surface area contributed by atoms with Crippen LogP contribution in [0.3, 0.4) is 0 Å². The number of nitrogens with one attached hydrogen (secondary N) is 2. The van der Waals surface area contributed by atoms with Gasteiger partial charge < -0.3 is 20.3 Å². The number of likely N-dealkylation sites (tertiary alicyclic amines) is 1. The van der Waals surface area contributed by atoms with Crippen molar-refractivity contribution in [3.8, 4) is 0 Å². The Morgan fingerprint density at radius 3 is 2.72 bits per heavy atom. The number of nitrogens with zero attached hydrogens (tertiary/aromatic N) is 5. The first-order valence-electron chi connectivity index (χ1n) is 10.4. The van der Waals surface area contributed by atoms with Gasteiger partial charge in [0.25, 0.3) is 0 Å². The van der Waals surface area contributed by atoms with Crippen LogP contribution in [0.5, 0.6) is 0 Å². The number of aliphatic imine (C=N–C) groups is 1. The highest BCUT2D eigenvalue weighted by molar-refractivity contribution is 5.80. The molecule has 0 radical (unpaired) electrons. The molecule has 2 aliphatic rings. The average molecular weight is 408 g/mol. The van der Waals surface area contributed by atoms with Gasteiger partial charge in [0.1, 0.15) is 11.4 Å². The third-order valence-electron chi connectivity index (χ3n) is 4.97. The number of aromatic nitrogens is 3. The predicted octanol–water partition coefficient (Wildman–Crippen LogP) is 0.556. The van der Waals surface area contributed by atoms with Gasteiger partial charge in [-0.25, -0.2) is 14.3 Å². The van der Waals surface area contributed by atoms with Crippen LogP contribution >= 0.6 is 0 Å². The fourth-order valence-electron chi connectivity index (χ4n) is 3.46. The average Bonchev–Trinajstić information content (AvgIpc) is 2.94. The highest BCUT2D eigenvalue weighted by Gasteiger charge is 2.34.